The van der Waals surface area contributed by atoms with E-state index in [4.69, 9.17) is 4.74 Å². The highest BCUT2D eigenvalue weighted by Gasteiger charge is 2.58. The van der Waals surface area contributed by atoms with Gasteiger partial charge in [-0.1, -0.05) is 107 Å². The smallest absolute Gasteiger partial charge is 0.326 e. The van der Waals surface area contributed by atoms with Crippen LogP contribution in [0, 0.1) is 0 Å². The SMILES string of the molecule is O=C(Cc1ccccc1)NC1C(=O)N2CC(Sc3ccc(Br)cc3)(C(=O)OC(c3ccccc3)c3ccccc3)CS[C@H]12. The molecule has 2 fully saturated rings. The number of fused-ring (bicyclic) bond motifs is 1. The minimum absolute atomic E-state index is 0.185. The number of rotatable bonds is 9. The molecule has 0 bridgehead atoms. The van der Waals surface area contributed by atoms with Crippen LogP contribution in [0.25, 0.3) is 0 Å². The minimum Gasteiger partial charge on any atom is -0.451 e. The molecule has 4 aromatic carbocycles. The Hall–Kier alpha value is -3.53. The lowest BCUT2D eigenvalue weighted by Crippen LogP contribution is -2.74. The van der Waals surface area contributed by atoms with Crippen molar-refractivity contribution in [2.45, 2.75) is 33.6 Å². The number of carbonyl (C=O) groups is 3. The first kappa shape index (κ1) is 29.5. The third kappa shape index (κ3) is 6.54. The predicted octanol–water partition coefficient (Wildman–Crippen LogP) is 6.26. The molecule has 9 heteroatoms. The fourth-order valence-corrected chi connectivity index (χ4v) is 8.46. The zero-order chi connectivity index (χ0) is 29.8. The second-order valence-corrected chi connectivity index (χ2v) is 14.0. The van der Waals surface area contributed by atoms with E-state index < -0.39 is 16.9 Å². The van der Waals surface area contributed by atoms with Crippen molar-refractivity contribution in [3.63, 3.8) is 0 Å². The maximum Gasteiger partial charge on any atom is 0.326 e. The molecule has 4 aromatic rings. The molecule has 0 aromatic heterocycles. The minimum atomic E-state index is -1.05. The van der Waals surface area contributed by atoms with Crippen molar-refractivity contribution in [3.05, 3.63) is 136 Å². The largest absolute Gasteiger partial charge is 0.451 e. The molecule has 0 saturated carbocycles. The molecule has 0 radical (unpaired) electrons. The number of β-lactam (4-membered cyclic amide) rings is 1. The van der Waals surface area contributed by atoms with Gasteiger partial charge in [0, 0.05) is 21.7 Å². The van der Waals surface area contributed by atoms with Crippen LogP contribution in [0.4, 0.5) is 0 Å². The van der Waals surface area contributed by atoms with Gasteiger partial charge in [0.05, 0.1) is 6.42 Å². The number of hydrogen-bond acceptors (Lipinski definition) is 6. The molecule has 218 valence electrons. The first-order chi connectivity index (χ1) is 20.9. The van der Waals surface area contributed by atoms with E-state index in [-0.39, 0.29) is 36.1 Å². The highest BCUT2D eigenvalue weighted by molar-refractivity contribution is 9.10. The zero-order valence-corrected chi connectivity index (χ0v) is 26.3. The number of nitrogens with zero attached hydrogens (tertiary/aromatic N) is 1. The number of nitrogens with one attached hydrogen (secondary N) is 1. The predicted molar refractivity (Wildman–Crippen MR) is 174 cm³/mol. The number of amides is 2. The Morgan fingerprint density at radius 2 is 1.49 bits per heavy atom. The van der Waals surface area contributed by atoms with E-state index in [9.17, 15) is 14.4 Å². The molecule has 6 rings (SSSR count). The van der Waals surface area contributed by atoms with Gasteiger partial charge in [-0.3, -0.25) is 14.4 Å². The Morgan fingerprint density at radius 1 is 0.907 bits per heavy atom. The van der Waals surface area contributed by atoms with Crippen molar-refractivity contribution in [1.29, 1.82) is 0 Å². The van der Waals surface area contributed by atoms with Gasteiger partial charge in [0.15, 0.2) is 6.10 Å². The maximum atomic E-state index is 14.3. The Kier molecular flexibility index (Phi) is 8.93. The molecule has 6 nitrogen and oxygen atoms in total. The van der Waals surface area contributed by atoms with Gasteiger partial charge in [-0.2, -0.15) is 0 Å². The van der Waals surface area contributed by atoms with Gasteiger partial charge in [-0.05, 0) is 41.0 Å². The third-order valence-corrected chi connectivity index (χ3v) is 11.1. The maximum absolute atomic E-state index is 14.3. The molecular weight excluding hydrogens is 644 g/mol. The fourth-order valence-electron chi connectivity index (χ4n) is 5.31. The number of halogens is 1. The summed E-state index contributed by atoms with van der Waals surface area (Å²) in [6.45, 7) is 0.185. The van der Waals surface area contributed by atoms with Crippen LogP contribution >= 0.6 is 39.5 Å². The van der Waals surface area contributed by atoms with Crippen LogP contribution < -0.4 is 5.32 Å². The van der Waals surface area contributed by atoms with Gasteiger partial charge >= 0.3 is 5.97 Å². The highest BCUT2D eigenvalue weighted by Crippen LogP contribution is 2.47. The van der Waals surface area contributed by atoms with Crippen LogP contribution in [0.3, 0.4) is 0 Å². The van der Waals surface area contributed by atoms with Crippen LogP contribution in [0.2, 0.25) is 0 Å². The first-order valence-corrected chi connectivity index (χ1v) is 16.6. The Bertz CT molecular complexity index is 1550. The van der Waals surface area contributed by atoms with Crippen LogP contribution in [0.1, 0.15) is 22.8 Å². The molecule has 2 aliphatic heterocycles. The topological polar surface area (TPSA) is 75.7 Å². The average molecular weight is 674 g/mol. The van der Waals surface area contributed by atoms with Crippen molar-refractivity contribution in [2.24, 2.45) is 0 Å². The van der Waals surface area contributed by atoms with Crippen molar-refractivity contribution < 1.29 is 19.1 Å². The Morgan fingerprint density at radius 3 is 2.09 bits per heavy atom. The second-order valence-electron chi connectivity index (χ2n) is 10.5. The van der Waals surface area contributed by atoms with Crippen molar-refractivity contribution in [1.82, 2.24) is 10.2 Å². The van der Waals surface area contributed by atoms with E-state index in [1.54, 1.807) is 4.90 Å². The second kappa shape index (κ2) is 13.0. The van der Waals surface area contributed by atoms with Gasteiger partial charge < -0.3 is 15.0 Å². The summed E-state index contributed by atoms with van der Waals surface area (Å²) in [5.41, 5.74) is 2.63. The highest BCUT2D eigenvalue weighted by atomic mass is 79.9. The van der Waals surface area contributed by atoms with E-state index in [1.165, 1.54) is 23.5 Å². The van der Waals surface area contributed by atoms with E-state index in [2.05, 4.69) is 21.2 Å². The van der Waals surface area contributed by atoms with Gasteiger partial charge in [-0.25, -0.2) is 0 Å². The lowest BCUT2D eigenvalue weighted by Gasteiger charge is -2.54. The standard InChI is InChI=1S/C34H29BrN2O4S2/c35-26-16-18-27(19-17-26)43-34(33(40)41-30(24-12-6-2-7-13-24)25-14-8-3-9-15-25)21-37-31(39)29(32(37)42-22-34)36-28(38)20-23-10-4-1-5-11-23/h1-19,29-30,32H,20-22H2,(H,36,38)/t29?,32-,34?/m1/s1. The molecule has 43 heavy (non-hydrogen) atoms. The van der Waals surface area contributed by atoms with Gasteiger partial charge in [0.2, 0.25) is 11.8 Å². The number of ether oxygens (including phenoxy) is 1. The molecule has 2 aliphatic rings. The van der Waals surface area contributed by atoms with E-state index in [0.717, 1.165) is 26.1 Å². The van der Waals surface area contributed by atoms with Crippen LogP contribution in [-0.4, -0.2) is 51.1 Å². The molecule has 2 unspecified atom stereocenters. The monoisotopic (exact) mass is 672 g/mol. The molecule has 1 N–H and O–H groups in total. The molecule has 2 saturated heterocycles. The molecule has 0 aliphatic carbocycles. The van der Waals surface area contributed by atoms with Crippen molar-refractivity contribution in [2.75, 3.05) is 12.3 Å². The summed E-state index contributed by atoms with van der Waals surface area (Å²) < 4.78 is 6.26. The summed E-state index contributed by atoms with van der Waals surface area (Å²) in [4.78, 5) is 43.1. The Labute approximate surface area is 267 Å². The third-order valence-electron chi connectivity index (χ3n) is 7.51. The summed E-state index contributed by atoms with van der Waals surface area (Å²) in [6, 6.07) is 36.0. The zero-order valence-electron chi connectivity index (χ0n) is 23.1. The summed E-state index contributed by atoms with van der Waals surface area (Å²) in [5, 5.41) is 2.68. The van der Waals surface area contributed by atoms with E-state index in [0.29, 0.717) is 5.75 Å². The molecule has 0 spiro atoms. The summed E-state index contributed by atoms with van der Waals surface area (Å²) >= 11 is 6.42. The number of hydrogen-bond donors (Lipinski definition) is 1. The molecule has 2 amide bonds. The van der Waals surface area contributed by atoms with E-state index in [1.807, 2.05) is 115 Å². The number of carbonyl (C=O) groups excluding carboxylic acids is 3. The molecular formula is C34H29BrN2O4S2. The first-order valence-electron chi connectivity index (χ1n) is 13.9. The summed E-state index contributed by atoms with van der Waals surface area (Å²) in [5.74, 6) is -0.343. The van der Waals surface area contributed by atoms with Crippen LogP contribution in [-0.2, 0) is 25.5 Å². The normalized spacial score (nSPS) is 21.1. The van der Waals surface area contributed by atoms with Gasteiger partial charge in [0.25, 0.3) is 0 Å². The van der Waals surface area contributed by atoms with Gasteiger partial charge in [-0.15, -0.1) is 23.5 Å². The van der Waals surface area contributed by atoms with E-state index >= 15 is 0 Å². The summed E-state index contributed by atoms with van der Waals surface area (Å²) in [7, 11) is 0. The van der Waals surface area contributed by atoms with Crippen molar-refractivity contribution in [3.8, 4) is 0 Å². The lowest BCUT2D eigenvalue weighted by molar-refractivity contribution is -0.156. The van der Waals surface area contributed by atoms with Gasteiger partial charge in [0.1, 0.15) is 16.2 Å². The average Bonchev–Trinajstić information content (AvgIpc) is 3.04. The lowest BCUT2D eigenvalue weighted by atomic mass is 9.99. The van der Waals surface area contributed by atoms with Crippen molar-refractivity contribution >= 4 is 57.2 Å². The van der Waals surface area contributed by atoms with Crippen LogP contribution in [0.15, 0.2) is 125 Å². The Balaban J connectivity index is 1.23. The summed E-state index contributed by atoms with van der Waals surface area (Å²) in [6.07, 6.45) is -0.393. The van der Waals surface area contributed by atoms with Crippen LogP contribution in [0.5, 0.6) is 0 Å². The molecule has 3 atom stereocenters. The molecule has 2 heterocycles. The fraction of sp³-hybridized carbons (Fsp3) is 0.206. The number of thioether (sulfide) groups is 2. The number of benzene rings is 4. The quantitative estimate of drug-likeness (QED) is 0.167. The number of esters is 1.